The van der Waals surface area contributed by atoms with Crippen LogP contribution in [-0.2, 0) is 0 Å². The van der Waals surface area contributed by atoms with E-state index in [1.165, 1.54) is 5.56 Å². The van der Waals surface area contributed by atoms with Gasteiger partial charge in [-0.15, -0.1) is 0 Å². The molecular weight excluding hydrogens is 234 g/mol. The van der Waals surface area contributed by atoms with E-state index in [9.17, 15) is 0 Å². The molecule has 0 spiro atoms. The zero-order chi connectivity index (χ0) is 14.0. The van der Waals surface area contributed by atoms with Crippen molar-refractivity contribution in [1.29, 1.82) is 0 Å². The number of benzene rings is 1. The highest BCUT2D eigenvalue weighted by Gasteiger charge is 2.08. The molecule has 2 N–H and O–H groups in total. The van der Waals surface area contributed by atoms with Crippen molar-refractivity contribution in [2.75, 3.05) is 5.73 Å². The minimum atomic E-state index is 0.342. The molecule has 0 atom stereocenters. The summed E-state index contributed by atoms with van der Waals surface area (Å²) in [4.78, 5) is 8.60. The second-order valence-electron chi connectivity index (χ2n) is 5.47. The predicted octanol–water partition coefficient (Wildman–Crippen LogP) is 3.97. The Morgan fingerprint density at radius 2 is 1.53 bits per heavy atom. The molecule has 0 aliphatic carbocycles. The third-order valence-electron chi connectivity index (χ3n) is 3.23. The Morgan fingerprint density at radius 1 is 0.895 bits per heavy atom. The summed E-state index contributed by atoms with van der Waals surface area (Å²) in [6, 6.07) is 10.5. The molecule has 1 heterocycles. The largest absolute Gasteiger partial charge is 0.368 e. The lowest BCUT2D eigenvalue weighted by Gasteiger charge is -2.10. The van der Waals surface area contributed by atoms with Crippen molar-refractivity contribution in [2.45, 2.75) is 39.5 Å². The molecule has 3 nitrogen and oxygen atoms in total. The summed E-state index contributed by atoms with van der Waals surface area (Å²) >= 11 is 0. The van der Waals surface area contributed by atoms with Crippen LogP contribution in [0.25, 0.3) is 11.3 Å². The number of hydrogen-bond donors (Lipinski definition) is 1. The van der Waals surface area contributed by atoms with E-state index in [2.05, 4.69) is 61.9 Å². The smallest absolute Gasteiger partial charge is 0.220 e. The Labute approximate surface area is 114 Å². The molecule has 0 radical (unpaired) electrons. The first kappa shape index (κ1) is 13.5. The molecule has 0 saturated carbocycles. The van der Waals surface area contributed by atoms with Crippen LogP contribution >= 0.6 is 0 Å². The van der Waals surface area contributed by atoms with Gasteiger partial charge in [-0.3, -0.25) is 0 Å². The van der Waals surface area contributed by atoms with Crippen molar-refractivity contribution >= 4 is 5.95 Å². The number of nitrogen functional groups attached to an aromatic ring is 1. The van der Waals surface area contributed by atoms with Crippen molar-refractivity contribution < 1.29 is 0 Å². The van der Waals surface area contributed by atoms with E-state index in [0.29, 0.717) is 17.8 Å². The summed E-state index contributed by atoms with van der Waals surface area (Å²) < 4.78 is 0. The van der Waals surface area contributed by atoms with Gasteiger partial charge in [-0.05, 0) is 23.5 Å². The summed E-state index contributed by atoms with van der Waals surface area (Å²) in [6.07, 6.45) is 0. The predicted molar refractivity (Wildman–Crippen MR) is 80.1 cm³/mol. The minimum Gasteiger partial charge on any atom is -0.368 e. The summed E-state index contributed by atoms with van der Waals surface area (Å²) in [6.45, 7) is 8.59. The molecule has 0 saturated heterocycles. The average Bonchev–Trinajstić information content (AvgIpc) is 2.38. The van der Waals surface area contributed by atoms with E-state index < -0.39 is 0 Å². The van der Waals surface area contributed by atoms with Crippen LogP contribution in [0.5, 0.6) is 0 Å². The van der Waals surface area contributed by atoms with Gasteiger partial charge in [-0.25, -0.2) is 9.97 Å². The Morgan fingerprint density at radius 3 is 2.05 bits per heavy atom. The molecule has 0 unspecified atom stereocenters. The average molecular weight is 255 g/mol. The van der Waals surface area contributed by atoms with Crippen molar-refractivity contribution in [2.24, 2.45) is 0 Å². The molecule has 0 bridgehead atoms. The lowest BCUT2D eigenvalue weighted by atomic mass is 10.00. The lowest BCUT2D eigenvalue weighted by Crippen LogP contribution is -2.02. The Balaban J connectivity index is 2.41. The fourth-order valence-corrected chi connectivity index (χ4v) is 1.97. The van der Waals surface area contributed by atoms with Gasteiger partial charge in [0.25, 0.3) is 0 Å². The Kier molecular flexibility index (Phi) is 3.84. The maximum absolute atomic E-state index is 5.79. The van der Waals surface area contributed by atoms with Crippen LogP contribution in [0.3, 0.4) is 0 Å². The number of hydrogen-bond acceptors (Lipinski definition) is 3. The molecule has 3 heteroatoms. The van der Waals surface area contributed by atoms with E-state index in [1.807, 2.05) is 6.07 Å². The van der Waals surface area contributed by atoms with E-state index in [0.717, 1.165) is 17.0 Å². The molecule has 0 fully saturated rings. The van der Waals surface area contributed by atoms with Gasteiger partial charge in [0.15, 0.2) is 0 Å². The quantitative estimate of drug-likeness (QED) is 0.902. The fraction of sp³-hybridized carbons (Fsp3) is 0.375. The second-order valence-corrected chi connectivity index (χ2v) is 5.47. The first-order valence-electron chi connectivity index (χ1n) is 6.72. The second kappa shape index (κ2) is 5.39. The zero-order valence-electron chi connectivity index (χ0n) is 12.0. The number of rotatable bonds is 3. The normalized spacial score (nSPS) is 11.3. The maximum Gasteiger partial charge on any atom is 0.220 e. The first-order chi connectivity index (χ1) is 8.97. The molecule has 0 aliphatic rings. The first-order valence-corrected chi connectivity index (χ1v) is 6.72. The van der Waals surface area contributed by atoms with E-state index in [1.54, 1.807) is 0 Å². The number of aromatic nitrogens is 2. The van der Waals surface area contributed by atoms with Gasteiger partial charge >= 0.3 is 0 Å². The maximum atomic E-state index is 5.79. The number of anilines is 1. The summed E-state index contributed by atoms with van der Waals surface area (Å²) in [5.74, 6) is 1.23. The SMILES string of the molecule is CC(C)c1ccc(-c2cc(C(C)C)nc(N)n2)cc1. The van der Waals surface area contributed by atoms with Crippen molar-refractivity contribution in [1.82, 2.24) is 9.97 Å². The van der Waals surface area contributed by atoms with Crippen molar-refractivity contribution in [3.63, 3.8) is 0 Å². The molecule has 100 valence electrons. The van der Waals surface area contributed by atoms with Gasteiger partial charge in [0.1, 0.15) is 0 Å². The Hall–Kier alpha value is -1.90. The van der Waals surface area contributed by atoms with E-state index >= 15 is 0 Å². The molecule has 1 aromatic carbocycles. The third-order valence-corrected chi connectivity index (χ3v) is 3.23. The highest BCUT2D eigenvalue weighted by atomic mass is 15.0. The Bertz CT molecular complexity index is 557. The van der Waals surface area contributed by atoms with E-state index in [-0.39, 0.29) is 0 Å². The molecule has 0 amide bonds. The van der Waals surface area contributed by atoms with Crippen molar-refractivity contribution in [3.8, 4) is 11.3 Å². The lowest BCUT2D eigenvalue weighted by molar-refractivity contribution is 0.819. The van der Waals surface area contributed by atoms with Crippen LogP contribution in [-0.4, -0.2) is 9.97 Å². The van der Waals surface area contributed by atoms with Crippen LogP contribution in [0.15, 0.2) is 30.3 Å². The zero-order valence-corrected chi connectivity index (χ0v) is 12.0. The van der Waals surface area contributed by atoms with Gasteiger partial charge in [-0.1, -0.05) is 52.0 Å². The molecule has 1 aromatic heterocycles. The highest BCUT2D eigenvalue weighted by Crippen LogP contribution is 2.24. The fourth-order valence-electron chi connectivity index (χ4n) is 1.97. The van der Waals surface area contributed by atoms with E-state index in [4.69, 9.17) is 5.73 Å². The molecule has 19 heavy (non-hydrogen) atoms. The van der Waals surface area contributed by atoms with Gasteiger partial charge in [0.2, 0.25) is 5.95 Å². The van der Waals surface area contributed by atoms with Gasteiger partial charge in [0.05, 0.1) is 5.69 Å². The van der Waals surface area contributed by atoms with Crippen LogP contribution in [0, 0.1) is 0 Å². The molecule has 0 aliphatic heterocycles. The van der Waals surface area contributed by atoms with Gasteiger partial charge in [-0.2, -0.15) is 0 Å². The molecular formula is C16H21N3. The molecule has 2 rings (SSSR count). The molecule has 2 aromatic rings. The van der Waals surface area contributed by atoms with Crippen LogP contribution in [0.4, 0.5) is 5.95 Å². The van der Waals surface area contributed by atoms with Crippen LogP contribution in [0.1, 0.15) is 50.8 Å². The van der Waals surface area contributed by atoms with Gasteiger partial charge < -0.3 is 5.73 Å². The summed E-state index contributed by atoms with van der Waals surface area (Å²) in [5, 5.41) is 0. The monoisotopic (exact) mass is 255 g/mol. The van der Waals surface area contributed by atoms with Gasteiger partial charge in [0, 0.05) is 11.3 Å². The topological polar surface area (TPSA) is 51.8 Å². The highest BCUT2D eigenvalue weighted by molar-refractivity contribution is 5.61. The standard InChI is InChI=1S/C16H21N3/c1-10(2)12-5-7-13(8-6-12)15-9-14(11(3)4)18-16(17)19-15/h5-11H,1-4H3,(H2,17,18,19). The number of nitrogens with zero attached hydrogens (tertiary/aromatic N) is 2. The minimum absolute atomic E-state index is 0.342. The summed E-state index contributed by atoms with van der Waals surface area (Å²) in [7, 11) is 0. The number of nitrogens with two attached hydrogens (primary N) is 1. The summed E-state index contributed by atoms with van der Waals surface area (Å²) in [5.41, 5.74) is 10.1. The van der Waals surface area contributed by atoms with Crippen molar-refractivity contribution in [3.05, 3.63) is 41.6 Å². The third kappa shape index (κ3) is 3.11. The van der Waals surface area contributed by atoms with Crippen LogP contribution in [0.2, 0.25) is 0 Å². The van der Waals surface area contributed by atoms with Crippen LogP contribution < -0.4 is 5.73 Å².